The molecule has 1 amide bonds. The van der Waals surface area contributed by atoms with Crippen LogP contribution in [0.1, 0.15) is 22.0 Å². The summed E-state index contributed by atoms with van der Waals surface area (Å²) < 4.78 is 5.50. The normalized spacial score (nSPS) is 16.0. The zero-order chi connectivity index (χ0) is 19.3. The summed E-state index contributed by atoms with van der Waals surface area (Å²) in [5, 5.41) is 5.90. The number of halogens is 1. The molecule has 28 heavy (non-hydrogen) atoms. The summed E-state index contributed by atoms with van der Waals surface area (Å²) in [7, 11) is 0. The van der Waals surface area contributed by atoms with Crippen LogP contribution in [0.4, 0.5) is 0 Å². The van der Waals surface area contributed by atoms with Crippen molar-refractivity contribution in [3.05, 3.63) is 82.9 Å². The summed E-state index contributed by atoms with van der Waals surface area (Å²) in [4.78, 5) is 15.3. The van der Waals surface area contributed by atoms with Crippen molar-refractivity contribution in [3.63, 3.8) is 0 Å². The van der Waals surface area contributed by atoms with Gasteiger partial charge in [-0.2, -0.15) is 0 Å². The number of hydrogen-bond donors (Lipinski definition) is 1. The molecule has 0 spiro atoms. The van der Waals surface area contributed by atoms with Gasteiger partial charge in [-0.05, 0) is 34.5 Å². The van der Waals surface area contributed by atoms with Crippen LogP contribution in [-0.4, -0.2) is 43.7 Å². The number of benzene rings is 3. The minimum Gasteiger partial charge on any atom is -0.379 e. The van der Waals surface area contributed by atoms with Crippen molar-refractivity contribution in [1.29, 1.82) is 0 Å². The first-order chi connectivity index (χ1) is 13.7. The van der Waals surface area contributed by atoms with Gasteiger partial charge in [0.1, 0.15) is 0 Å². The molecule has 4 rings (SSSR count). The Hall–Kier alpha value is -2.40. The average molecular weight is 395 g/mol. The Morgan fingerprint density at radius 2 is 1.71 bits per heavy atom. The summed E-state index contributed by atoms with van der Waals surface area (Å²) in [5.41, 5.74) is 1.85. The van der Waals surface area contributed by atoms with Gasteiger partial charge in [0, 0.05) is 30.2 Å². The Kier molecular flexibility index (Phi) is 5.91. The molecule has 0 saturated carbocycles. The lowest BCUT2D eigenvalue weighted by Crippen LogP contribution is -2.43. The third kappa shape index (κ3) is 4.20. The van der Waals surface area contributed by atoms with E-state index < -0.39 is 0 Å². The molecule has 1 heterocycles. The second-order valence-electron chi connectivity index (χ2n) is 6.95. The predicted molar refractivity (Wildman–Crippen MR) is 113 cm³/mol. The molecule has 4 nitrogen and oxygen atoms in total. The van der Waals surface area contributed by atoms with Crippen molar-refractivity contribution in [1.82, 2.24) is 10.2 Å². The molecular formula is C23H23ClN2O2. The second-order valence-corrected chi connectivity index (χ2v) is 7.39. The SMILES string of the molecule is O=C(NCC(c1ccc(Cl)cc1)N1CCOCC1)c1cccc2ccccc12. The monoisotopic (exact) mass is 394 g/mol. The Labute approximate surface area is 170 Å². The molecule has 1 N–H and O–H groups in total. The highest BCUT2D eigenvalue weighted by Crippen LogP contribution is 2.24. The van der Waals surface area contributed by atoms with Crippen LogP contribution in [0.3, 0.4) is 0 Å². The fraction of sp³-hybridized carbons (Fsp3) is 0.261. The van der Waals surface area contributed by atoms with Gasteiger partial charge in [0.2, 0.25) is 0 Å². The van der Waals surface area contributed by atoms with Crippen LogP contribution < -0.4 is 5.32 Å². The van der Waals surface area contributed by atoms with E-state index in [1.54, 1.807) is 0 Å². The summed E-state index contributed by atoms with van der Waals surface area (Å²) in [6, 6.07) is 21.7. The standard InChI is InChI=1S/C23H23ClN2O2/c24-19-10-8-18(9-11-19)22(26-12-14-28-15-13-26)16-25-23(27)21-7-3-5-17-4-1-2-6-20(17)21/h1-11,22H,12-16H2,(H,25,27). The molecule has 0 bridgehead atoms. The third-order valence-corrected chi connectivity index (χ3v) is 5.48. The smallest absolute Gasteiger partial charge is 0.251 e. The van der Waals surface area contributed by atoms with Crippen molar-refractivity contribution in [2.45, 2.75) is 6.04 Å². The first-order valence-corrected chi connectivity index (χ1v) is 9.93. The Morgan fingerprint density at radius 3 is 2.50 bits per heavy atom. The van der Waals surface area contributed by atoms with Crippen LogP contribution >= 0.6 is 11.6 Å². The van der Waals surface area contributed by atoms with Gasteiger partial charge >= 0.3 is 0 Å². The van der Waals surface area contributed by atoms with Crippen LogP contribution in [0.15, 0.2) is 66.7 Å². The molecule has 0 aliphatic carbocycles. The van der Waals surface area contributed by atoms with E-state index in [2.05, 4.69) is 10.2 Å². The van der Waals surface area contributed by atoms with E-state index in [4.69, 9.17) is 16.3 Å². The maximum Gasteiger partial charge on any atom is 0.251 e. The van der Waals surface area contributed by atoms with Gasteiger partial charge in [-0.15, -0.1) is 0 Å². The molecule has 1 unspecified atom stereocenters. The lowest BCUT2D eigenvalue weighted by Gasteiger charge is -2.35. The maximum atomic E-state index is 13.0. The van der Waals surface area contributed by atoms with Crippen LogP contribution in [0.2, 0.25) is 5.02 Å². The van der Waals surface area contributed by atoms with Crippen LogP contribution in [0.25, 0.3) is 10.8 Å². The van der Waals surface area contributed by atoms with Gasteiger partial charge in [0.05, 0.1) is 19.3 Å². The molecule has 1 atom stereocenters. The van der Waals surface area contributed by atoms with Crippen molar-refractivity contribution < 1.29 is 9.53 Å². The molecule has 5 heteroatoms. The van der Waals surface area contributed by atoms with E-state index in [-0.39, 0.29) is 11.9 Å². The van der Waals surface area contributed by atoms with Crippen LogP contribution in [0.5, 0.6) is 0 Å². The van der Waals surface area contributed by atoms with Crippen molar-refractivity contribution in [2.24, 2.45) is 0 Å². The molecule has 1 aliphatic heterocycles. The number of amides is 1. The fourth-order valence-electron chi connectivity index (χ4n) is 3.74. The first kappa shape index (κ1) is 18.9. The van der Waals surface area contributed by atoms with E-state index >= 15 is 0 Å². The zero-order valence-corrected chi connectivity index (χ0v) is 16.4. The Balaban J connectivity index is 1.54. The first-order valence-electron chi connectivity index (χ1n) is 9.55. The van der Waals surface area contributed by atoms with Gasteiger partial charge in [-0.1, -0.05) is 60.1 Å². The Morgan fingerprint density at radius 1 is 1.00 bits per heavy atom. The molecule has 1 saturated heterocycles. The molecule has 1 fully saturated rings. The summed E-state index contributed by atoms with van der Waals surface area (Å²) >= 11 is 6.06. The van der Waals surface area contributed by atoms with Crippen molar-refractivity contribution >= 4 is 28.3 Å². The minimum absolute atomic E-state index is 0.0518. The van der Waals surface area contributed by atoms with Crippen molar-refractivity contribution in [2.75, 3.05) is 32.8 Å². The number of morpholine rings is 1. The molecule has 0 aromatic heterocycles. The van der Waals surface area contributed by atoms with E-state index in [1.165, 1.54) is 0 Å². The van der Waals surface area contributed by atoms with Gasteiger partial charge < -0.3 is 10.1 Å². The van der Waals surface area contributed by atoms with E-state index in [0.29, 0.717) is 30.3 Å². The van der Waals surface area contributed by atoms with E-state index in [1.807, 2.05) is 66.7 Å². The number of carbonyl (C=O) groups excluding carboxylic acids is 1. The number of carbonyl (C=O) groups is 1. The zero-order valence-electron chi connectivity index (χ0n) is 15.6. The average Bonchev–Trinajstić information content (AvgIpc) is 2.75. The minimum atomic E-state index is -0.0518. The highest BCUT2D eigenvalue weighted by molar-refractivity contribution is 6.30. The molecule has 3 aromatic carbocycles. The van der Waals surface area contributed by atoms with Gasteiger partial charge in [-0.25, -0.2) is 0 Å². The summed E-state index contributed by atoms with van der Waals surface area (Å²) in [6.07, 6.45) is 0. The summed E-state index contributed by atoms with van der Waals surface area (Å²) in [6.45, 7) is 3.64. The lowest BCUT2D eigenvalue weighted by molar-refractivity contribution is 0.0162. The summed E-state index contributed by atoms with van der Waals surface area (Å²) in [5.74, 6) is -0.0518. The number of ether oxygens (including phenoxy) is 1. The fourth-order valence-corrected chi connectivity index (χ4v) is 3.87. The number of fused-ring (bicyclic) bond motifs is 1. The number of hydrogen-bond acceptors (Lipinski definition) is 3. The molecule has 3 aromatic rings. The number of nitrogens with zero attached hydrogens (tertiary/aromatic N) is 1. The van der Waals surface area contributed by atoms with Crippen LogP contribution in [-0.2, 0) is 4.74 Å². The van der Waals surface area contributed by atoms with Crippen molar-refractivity contribution in [3.8, 4) is 0 Å². The predicted octanol–water partition coefficient (Wildman–Crippen LogP) is 4.30. The quantitative estimate of drug-likeness (QED) is 0.701. The third-order valence-electron chi connectivity index (χ3n) is 5.23. The largest absolute Gasteiger partial charge is 0.379 e. The van der Waals surface area contributed by atoms with E-state index in [9.17, 15) is 4.79 Å². The maximum absolute atomic E-state index is 13.0. The molecule has 144 valence electrons. The Bertz CT molecular complexity index is 947. The molecule has 0 radical (unpaired) electrons. The number of nitrogens with one attached hydrogen (secondary N) is 1. The molecule has 1 aliphatic rings. The topological polar surface area (TPSA) is 41.6 Å². The van der Waals surface area contributed by atoms with Gasteiger partial charge in [-0.3, -0.25) is 9.69 Å². The molecular weight excluding hydrogens is 372 g/mol. The lowest BCUT2D eigenvalue weighted by atomic mass is 10.0. The highest BCUT2D eigenvalue weighted by Gasteiger charge is 2.23. The van der Waals surface area contributed by atoms with Crippen LogP contribution in [0, 0.1) is 0 Å². The highest BCUT2D eigenvalue weighted by atomic mass is 35.5. The van der Waals surface area contributed by atoms with E-state index in [0.717, 1.165) is 29.4 Å². The second kappa shape index (κ2) is 8.74. The number of rotatable bonds is 5. The van der Waals surface area contributed by atoms with Gasteiger partial charge in [0.15, 0.2) is 0 Å². The van der Waals surface area contributed by atoms with Gasteiger partial charge in [0.25, 0.3) is 5.91 Å².